The first kappa shape index (κ1) is 18.2. The van der Waals surface area contributed by atoms with E-state index in [-0.39, 0.29) is 18.1 Å². The fourth-order valence-electron chi connectivity index (χ4n) is 4.83. The molecule has 0 unspecified atom stereocenters. The van der Waals surface area contributed by atoms with Crippen molar-refractivity contribution in [3.05, 3.63) is 52.3 Å². The minimum absolute atomic E-state index is 0.00210. The van der Waals surface area contributed by atoms with E-state index < -0.39 is 0 Å². The quantitative estimate of drug-likeness (QED) is 0.743. The third kappa shape index (κ3) is 3.39. The number of H-pyrrole nitrogens is 1. The molecule has 4 heterocycles. The van der Waals surface area contributed by atoms with Gasteiger partial charge in [0.15, 0.2) is 0 Å². The Kier molecular flexibility index (Phi) is 4.73. The van der Waals surface area contributed by atoms with Crippen molar-refractivity contribution in [2.45, 2.75) is 57.5 Å². The van der Waals surface area contributed by atoms with Crippen LogP contribution in [-0.2, 0) is 24.3 Å². The second-order valence-corrected chi connectivity index (χ2v) is 8.26. The summed E-state index contributed by atoms with van der Waals surface area (Å²) >= 11 is 0. The van der Waals surface area contributed by atoms with Gasteiger partial charge in [-0.25, -0.2) is 9.48 Å². The van der Waals surface area contributed by atoms with Gasteiger partial charge in [0, 0.05) is 43.2 Å². The van der Waals surface area contributed by atoms with Crippen LogP contribution in [0, 0.1) is 0 Å². The van der Waals surface area contributed by atoms with Crippen LogP contribution in [0.15, 0.2) is 35.3 Å². The van der Waals surface area contributed by atoms with Gasteiger partial charge in [-0.05, 0) is 43.2 Å². The Hall–Kier alpha value is -2.83. The summed E-state index contributed by atoms with van der Waals surface area (Å²) in [6, 6.07) is 8.37. The highest BCUT2D eigenvalue weighted by Gasteiger charge is 2.26. The summed E-state index contributed by atoms with van der Waals surface area (Å²) in [7, 11) is 0. The summed E-state index contributed by atoms with van der Waals surface area (Å²) in [6.45, 7) is 2.23. The summed E-state index contributed by atoms with van der Waals surface area (Å²) < 4.78 is 3.12. The molecule has 7 nitrogen and oxygen atoms in total. The van der Waals surface area contributed by atoms with Crippen LogP contribution in [0.2, 0.25) is 0 Å². The average Bonchev–Trinajstić information content (AvgIpc) is 3.21. The first-order chi connectivity index (χ1) is 14.2. The van der Waals surface area contributed by atoms with E-state index in [1.165, 1.54) is 21.1 Å². The number of para-hydroxylation sites is 1. The Morgan fingerprint density at radius 2 is 1.93 bits per heavy atom. The largest absolute Gasteiger partial charge is 0.361 e. The van der Waals surface area contributed by atoms with Gasteiger partial charge in [0.25, 0.3) is 0 Å². The molecule has 0 radical (unpaired) electrons. The number of fused-ring (bicyclic) bond motifs is 2. The van der Waals surface area contributed by atoms with Gasteiger partial charge in [-0.3, -0.25) is 9.36 Å². The predicted molar refractivity (Wildman–Crippen MR) is 111 cm³/mol. The fourth-order valence-corrected chi connectivity index (χ4v) is 4.83. The Morgan fingerprint density at radius 1 is 1.10 bits per heavy atom. The lowest BCUT2D eigenvalue weighted by Gasteiger charge is -2.32. The maximum Gasteiger partial charge on any atom is 0.346 e. The van der Waals surface area contributed by atoms with Crippen molar-refractivity contribution in [2.24, 2.45) is 0 Å². The molecule has 1 aromatic carbocycles. The lowest BCUT2D eigenvalue weighted by Crippen LogP contribution is -2.41. The van der Waals surface area contributed by atoms with Crippen molar-refractivity contribution >= 4 is 16.8 Å². The Morgan fingerprint density at radius 3 is 2.79 bits per heavy atom. The number of benzene rings is 1. The van der Waals surface area contributed by atoms with Gasteiger partial charge in [-0.2, -0.15) is 5.10 Å². The lowest BCUT2D eigenvalue weighted by molar-refractivity contribution is -0.133. The van der Waals surface area contributed by atoms with E-state index >= 15 is 0 Å². The third-order valence-corrected chi connectivity index (χ3v) is 6.48. The summed E-state index contributed by atoms with van der Waals surface area (Å²) in [5, 5.41) is 5.73. The minimum atomic E-state index is -0.135. The van der Waals surface area contributed by atoms with Crippen LogP contribution in [0.4, 0.5) is 0 Å². The molecule has 152 valence electrons. The van der Waals surface area contributed by atoms with Gasteiger partial charge >= 0.3 is 5.69 Å². The zero-order valence-corrected chi connectivity index (χ0v) is 16.6. The highest BCUT2D eigenvalue weighted by atomic mass is 16.2. The van der Waals surface area contributed by atoms with Crippen molar-refractivity contribution in [1.29, 1.82) is 0 Å². The first-order valence-electron chi connectivity index (χ1n) is 10.7. The number of nitrogens with one attached hydrogen (secondary N) is 1. The number of rotatable bonds is 3. The molecule has 7 heteroatoms. The molecule has 0 spiro atoms. The topological polar surface area (TPSA) is 75.9 Å². The molecule has 1 amide bonds. The van der Waals surface area contributed by atoms with E-state index in [1.807, 2.05) is 11.0 Å². The molecule has 0 saturated carbocycles. The van der Waals surface area contributed by atoms with E-state index in [4.69, 9.17) is 0 Å². The lowest BCUT2D eigenvalue weighted by atomic mass is 9.89. The second kappa shape index (κ2) is 7.54. The van der Waals surface area contributed by atoms with Crippen LogP contribution in [0.3, 0.4) is 0 Å². The number of aryl methyl sites for hydroxylation is 1. The number of likely N-dealkylation sites (tertiary alicyclic amines) is 1. The van der Waals surface area contributed by atoms with Gasteiger partial charge in [0.2, 0.25) is 5.91 Å². The van der Waals surface area contributed by atoms with Crippen molar-refractivity contribution in [1.82, 2.24) is 24.2 Å². The SMILES string of the molecule is O=C(Cn1nc2n(c1=O)CCCCC2)N1CCC(c2c[nH]c3ccccc23)CC1. The van der Waals surface area contributed by atoms with E-state index in [0.717, 1.165) is 64.0 Å². The summed E-state index contributed by atoms with van der Waals surface area (Å²) in [5.74, 6) is 1.29. The van der Waals surface area contributed by atoms with Crippen LogP contribution in [0.25, 0.3) is 10.9 Å². The predicted octanol–water partition coefficient (Wildman–Crippen LogP) is 2.66. The molecular weight excluding hydrogens is 366 g/mol. The zero-order valence-electron chi connectivity index (χ0n) is 16.6. The molecule has 29 heavy (non-hydrogen) atoms. The Labute approximate surface area is 169 Å². The number of hydrogen-bond donors (Lipinski definition) is 1. The number of carbonyl (C=O) groups excluding carboxylic acids is 1. The van der Waals surface area contributed by atoms with E-state index in [0.29, 0.717) is 5.92 Å². The van der Waals surface area contributed by atoms with E-state index in [1.54, 1.807) is 4.57 Å². The van der Waals surface area contributed by atoms with Gasteiger partial charge in [0.1, 0.15) is 12.4 Å². The molecule has 5 rings (SSSR count). The normalized spacial score (nSPS) is 18.0. The monoisotopic (exact) mass is 393 g/mol. The number of amides is 1. The maximum atomic E-state index is 12.8. The van der Waals surface area contributed by atoms with Crippen LogP contribution in [0.1, 0.15) is 49.4 Å². The first-order valence-corrected chi connectivity index (χ1v) is 10.7. The van der Waals surface area contributed by atoms with Crippen molar-refractivity contribution in [3.63, 3.8) is 0 Å². The highest BCUT2D eigenvalue weighted by Crippen LogP contribution is 2.33. The molecule has 0 bridgehead atoms. The number of nitrogens with zero attached hydrogens (tertiary/aromatic N) is 4. The van der Waals surface area contributed by atoms with Crippen molar-refractivity contribution < 1.29 is 4.79 Å². The summed E-state index contributed by atoms with van der Waals surface area (Å²) in [4.78, 5) is 30.7. The molecule has 2 aliphatic rings. The molecule has 0 atom stereocenters. The average molecular weight is 393 g/mol. The van der Waals surface area contributed by atoms with Gasteiger partial charge in [-0.15, -0.1) is 0 Å². The van der Waals surface area contributed by atoms with Crippen LogP contribution >= 0.6 is 0 Å². The second-order valence-electron chi connectivity index (χ2n) is 8.26. The maximum absolute atomic E-state index is 12.8. The zero-order chi connectivity index (χ0) is 19.8. The van der Waals surface area contributed by atoms with E-state index in [2.05, 4.69) is 34.5 Å². The van der Waals surface area contributed by atoms with Gasteiger partial charge in [0.05, 0.1) is 0 Å². The highest BCUT2D eigenvalue weighted by molar-refractivity contribution is 5.83. The number of aromatic nitrogens is 4. The minimum Gasteiger partial charge on any atom is -0.361 e. The molecule has 2 aliphatic heterocycles. The van der Waals surface area contributed by atoms with Crippen LogP contribution < -0.4 is 5.69 Å². The van der Waals surface area contributed by atoms with Crippen molar-refractivity contribution in [3.8, 4) is 0 Å². The Bertz CT molecular complexity index is 1080. The van der Waals surface area contributed by atoms with Gasteiger partial charge in [-0.1, -0.05) is 24.6 Å². The van der Waals surface area contributed by atoms with E-state index in [9.17, 15) is 9.59 Å². The molecule has 0 aliphatic carbocycles. The molecule has 1 saturated heterocycles. The number of piperidine rings is 1. The summed E-state index contributed by atoms with van der Waals surface area (Å²) in [6.07, 6.45) is 8.04. The smallest absolute Gasteiger partial charge is 0.346 e. The molecular formula is C22H27N5O2. The third-order valence-electron chi connectivity index (χ3n) is 6.48. The molecule has 1 N–H and O–H groups in total. The molecule has 2 aromatic heterocycles. The van der Waals surface area contributed by atoms with Crippen molar-refractivity contribution in [2.75, 3.05) is 13.1 Å². The summed E-state index contributed by atoms with van der Waals surface area (Å²) in [5.41, 5.74) is 2.38. The number of hydrogen-bond acceptors (Lipinski definition) is 3. The van der Waals surface area contributed by atoms with Gasteiger partial charge < -0.3 is 9.88 Å². The fraction of sp³-hybridized carbons (Fsp3) is 0.500. The Balaban J connectivity index is 1.24. The van der Waals surface area contributed by atoms with Crippen LogP contribution in [0.5, 0.6) is 0 Å². The number of carbonyl (C=O) groups is 1. The molecule has 3 aromatic rings. The standard InChI is InChI=1S/C22H27N5O2/c28-21(15-27-22(29)26-11-5-1-2-8-20(26)24-27)25-12-9-16(10-13-25)18-14-23-19-7-4-3-6-17(18)19/h3-4,6-7,14,16,23H,1-2,5,8-13,15H2. The number of aromatic amines is 1. The van der Waals surface area contributed by atoms with Crippen LogP contribution in [-0.4, -0.2) is 43.2 Å². The molecule has 1 fully saturated rings.